The molecule has 2 aromatic rings. The van der Waals surface area contributed by atoms with E-state index < -0.39 is 23.3 Å². The number of carboxylic acids is 1. The van der Waals surface area contributed by atoms with Gasteiger partial charge >= 0.3 is 5.97 Å². The number of carbonyl (C=O) groups is 3. The van der Waals surface area contributed by atoms with Crippen LogP contribution in [0.4, 0.5) is 5.69 Å². The van der Waals surface area contributed by atoms with Crippen molar-refractivity contribution in [1.82, 2.24) is 9.88 Å². The highest BCUT2D eigenvalue weighted by Gasteiger charge is 2.53. The van der Waals surface area contributed by atoms with Crippen LogP contribution in [0.1, 0.15) is 48.0 Å². The summed E-state index contributed by atoms with van der Waals surface area (Å²) < 4.78 is -0.150. The molecule has 1 amide bonds. The number of hydrogen-bond donors (Lipinski definition) is 2. The van der Waals surface area contributed by atoms with Gasteiger partial charge in [-0.3, -0.25) is 14.6 Å². The number of carboxylic acid groups (broad SMARTS) is 1. The van der Waals surface area contributed by atoms with Gasteiger partial charge in [-0.2, -0.15) is 0 Å². The molecule has 7 nitrogen and oxygen atoms in total. The van der Waals surface area contributed by atoms with E-state index in [-0.39, 0.29) is 32.5 Å². The van der Waals surface area contributed by atoms with E-state index in [2.05, 4.69) is 10.3 Å². The molecule has 2 aliphatic carbocycles. The Morgan fingerprint density at radius 2 is 1.71 bits per heavy atom. The second kappa shape index (κ2) is 11.3. The fourth-order valence-electron chi connectivity index (χ4n) is 5.29. The first-order chi connectivity index (χ1) is 18.3. The number of amides is 1. The van der Waals surface area contributed by atoms with E-state index in [1.807, 2.05) is 15.7 Å². The fraction of sp³-hybridized carbons (Fsp3) is 0.333. The molecule has 2 heterocycles. The molecule has 0 radical (unpaired) electrons. The first-order valence-corrected chi connectivity index (χ1v) is 14.9. The number of pyridine rings is 1. The summed E-state index contributed by atoms with van der Waals surface area (Å²) in [6.07, 6.45) is 9.18. The molecule has 1 aliphatic heterocycles. The number of benzene rings is 1. The molecule has 3 aliphatic rings. The molecular formula is C27H25Cl2N3O4S2. The Hall–Kier alpha value is -2.46. The fourth-order valence-corrected chi connectivity index (χ4v) is 8.04. The smallest absolute Gasteiger partial charge is 0.326 e. The molecule has 38 heavy (non-hydrogen) atoms. The number of anilines is 1. The summed E-state index contributed by atoms with van der Waals surface area (Å²) in [7, 11) is 0. The minimum atomic E-state index is -0.941. The van der Waals surface area contributed by atoms with Gasteiger partial charge in [0.15, 0.2) is 5.78 Å². The number of nitrogens with zero attached hydrogens (tertiary/aromatic N) is 2. The van der Waals surface area contributed by atoms with E-state index in [4.69, 9.17) is 23.2 Å². The Labute approximate surface area is 239 Å². The molecule has 1 aromatic heterocycles. The van der Waals surface area contributed by atoms with Crippen molar-refractivity contribution in [1.29, 1.82) is 0 Å². The van der Waals surface area contributed by atoms with Gasteiger partial charge in [0.2, 0.25) is 0 Å². The summed E-state index contributed by atoms with van der Waals surface area (Å²) in [5.74, 6) is -1.28. The summed E-state index contributed by atoms with van der Waals surface area (Å²) in [6, 6.07) is 6.17. The Kier molecular flexibility index (Phi) is 8.09. The van der Waals surface area contributed by atoms with E-state index in [1.54, 1.807) is 53.9 Å². The Bertz CT molecular complexity index is 1300. The van der Waals surface area contributed by atoms with Crippen LogP contribution in [-0.4, -0.2) is 43.4 Å². The summed E-state index contributed by atoms with van der Waals surface area (Å²) >= 11 is 15.3. The molecule has 1 atom stereocenters. The number of carbonyl (C=O) groups excluding carboxylic acids is 2. The van der Waals surface area contributed by atoms with E-state index in [0.717, 1.165) is 43.4 Å². The number of ketones is 1. The van der Waals surface area contributed by atoms with Crippen LogP contribution in [0.15, 0.2) is 59.2 Å². The molecular weight excluding hydrogens is 565 g/mol. The van der Waals surface area contributed by atoms with Gasteiger partial charge < -0.3 is 15.3 Å². The lowest BCUT2D eigenvalue weighted by atomic mass is 9.62. The van der Waals surface area contributed by atoms with Crippen molar-refractivity contribution in [3.63, 3.8) is 0 Å². The maximum atomic E-state index is 12.8. The zero-order valence-electron chi connectivity index (χ0n) is 20.2. The third kappa shape index (κ3) is 5.21. The molecule has 198 valence electrons. The van der Waals surface area contributed by atoms with Crippen LogP contribution >= 0.6 is 46.7 Å². The van der Waals surface area contributed by atoms with Crippen LogP contribution in [0.2, 0.25) is 10.0 Å². The lowest BCUT2D eigenvalue weighted by Gasteiger charge is -2.50. The molecule has 0 unspecified atom stereocenters. The highest BCUT2D eigenvalue weighted by Crippen LogP contribution is 2.54. The number of halogens is 2. The number of hydrogen-bond acceptors (Lipinski definition) is 7. The van der Waals surface area contributed by atoms with Gasteiger partial charge in [-0.1, -0.05) is 78.1 Å². The highest BCUT2D eigenvalue weighted by atomic mass is 35.5. The standard InChI is InChI=1S/C27H25Cl2N3O4S2/c28-18-14-30-15-19(29)23(18)24(34)31-17-6-4-16(5-7-17)12-20(25(35)36)32(26-37-10-11-38-26)21-13-22(33)27(21)8-2-1-3-9-27/h4-7,10-11,13-15,20,26H,1-3,8-9,12H2,(H,31,34)(H,35,36)/t20-/m0/s1. The molecule has 1 saturated carbocycles. The van der Waals surface area contributed by atoms with Gasteiger partial charge in [0.05, 0.1) is 21.0 Å². The van der Waals surface area contributed by atoms with Crippen LogP contribution in [0.3, 0.4) is 0 Å². The number of nitrogens with one attached hydrogen (secondary N) is 1. The topological polar surface area (TPSA) is 99.6 Å². The van der Waals surface area contributed by atoms with E-state index in [0.29, 0.717) is 5.69 Å². The largest absolute Gasteiger partial charge is 0.480 e. The number of allylic oxidation sites excluding steroid dienone is 2. The predicted octanol–water partition coefficient (Wildman–Crippen LogP) is 6.59. The molecule has 0 bridgehead atoms. The van der Waals surface area contributed by atoms with E-state index in [9.17, 15) is 19.5 Å². The third-order valence-corrected chi connectivity index (χ3v) is 10.1. The van der Waals surface area contributed by atoms with Crippen molar-refractivity contribution >= 4 is 70.1 Å². The van der Waals surface area contributed by atoms with Crippen LogP contribution in [0, 0.1) is 5.41 Å². The molecule has 0 saturated heterocycles. The van der Waals surface area contributed by atoms with Crippen molar-refractivity contribution in [2.45, 2.75) is 49.3 Å². The maximum Gasteiger partial charge on any atom is 0.326 e. The second-order valence-electron chi connectivity index (χ2n) is 9.48. The Morgan fingerprint density at radius 3 is 2.29 bits per heavy atom. The molecule has 2 N–H and O–H groups in total. The van der Waals surface area contributed by atoms with Crippen LogP contribution in [0.25, 0.3) is 0 Å². The van der Waals surface area contributed by atoms with Gasteiger partial charge in [-0.25, -0.2) is 4.79 Å². The first kappa shape index (κ1) is 27.1. The minimum absolute atomic E-state index is 0.122. The van der Waals surface area contributed by atoms with Crippen LogP contribution in [0.5, 0.6) is 0 Å². The molecule has 1 spiro atoms. The maximum absolute atomic E-state index is 12.8. The Morgan fingerprint density at radius 1 is 1.08 bits per heavy atom. The van der Waals surface area contributed by atoms with Gasteiger partial charge in [0.1, 0.15) is 10.7 Å². The van der Waals surface area contributed by atoms with Crippen molar-refractivity contribution in [2.75, 3.05) is 5.32 Å². The quantitative estimate of drug-likeness (QED) is 0.355. The Balaban J connectivity index is 1.36. The number of rotatable bonds is 8. The van der Waals surface area contributed by atoms with Crippen molar-refractivity contribution in [3.05, 3.63) is 80.4 Å². The van der Waals surface area contributed by atoms with Crippen molar-refractivity contribution < 1.29 is 19.5 Å². The zero-order chi connectivity index (χ0) is 26.9. The third-order valence-electron chi connectivity index (χ3n) is 7.23. The first-order valence-electron chi connectivity index (χ1n) is 12.2. The summed E-state index contributed by atoms with van der Waals surface area (Å²) in [5.41, 5.74) is 1.75. The molecule has 1 aromatic carbocycles. The van der Waals surface area contributed by atoms with E-state index in [1.165, 1.54) is 12.4 Å². The molecule has 11 heteroatoms. The number of aromatic nitrogens is 1. The monoisotopic (exact) mass is 589 g/mol. The summed E-state index contributed by atoms with van der Waals surface area (Å²) in [5, 5.41) is 17.4. The lowest BCUT2D eigenvalue weighted by molar-refractivity contribution is -0.144. The van der Waals surface area contributed by atoms with Gasteiger partial charge in [0, 0.05) is 36.3 Å². The summed E-state index contributed by atoms with van der Waals surface area (Å²) in [6.45, 7) is 0. The number of thioether (sulfide) groups is 2. The molecule has 5 rings (SSSR count). The van der Waals surface area contributed by atoms with Crippen LogP contribution in [-0.2, 0) is 16.0 Å². The predicted molar refractivity (Wildman–Crippen MR) is 152 cm³/mol. The molecule has 1 fully saturated rings. The normalized spacial score (nSPS) is 19.1. The van der Waals surface area contributed by atoms with Crippen molar-refractivity contribution in [3.8, 4) is 0 Å². The number of aliphatic carboxylic acids is 1. The summed E-state index contributed by atoms with van der Waals surface area (Å²) in [4.78, 5) is 44.0. The SMILES string of the molecule is O=C(Nc1ccc(C[C@@H](C(=O)O)N(C2=CC(=O)C23CCCCC3)C2SC=CS2)cc1)c1c(Cl)cncc1Cl. The van der Waals surface area contributed by atoms with Crippen molar-refractivity contribution in [2.24, 2.45) is 5.41 Å². The van der Waals surface area contributed by atoms with Gasteiger partial charge in [0.25, 0.3) is 5.91 Å². The van der Waals surface area contributed by atoms with E-state index >= 15 is 0 Å². The van der Waals surface area contributed by atoms with Gasteiger partial charge in [-0.05, 0) is 41.4 Å². The highest BCUT2D eigenvalue weighted by molar-refractivity contribution is 8.22. The van der Waals surface area contributed by atoms with Gasteiger partial charge in [-0.15, -0.1) is 0 Å². The lowest BCUT2D eigenvalue weighted by Crippen LogP contribution is -2.55. The zero-order valence-corrected chi connectivity index (χ0v) is 23.4. The average Bonchev–Trinajstić information content (AvgIpc) is 3.44. The minimum Gasteiger partial charge on any atom is -0.480 e. The second-order valence-corrected chi connectivity index (χ2v) is 12.6. The van der Waals surface area contributed by atoms with Crippen LogP contribution < -0.4 is 5.32 Å². The average molecular weight is 591 g/mol.